The molecule has 0 bridgehead atoms. The number of carbonyl (C=O) groups is 1. The lowest BCUT2D eigenvalue weighted by Gasteiger charge is -2.21. The Labute approximate surface area is 249 Å². The summed E-state index contributed by atoms with van der Waals surface area (Å²) in [5, 5.41) is 23.4. The van der Waals surface area contributed by atoms with Crippen molar-refractivity contribution in [1.29, 1.82) is 0 Å². The van der Waals surface area contributed by atoms with Crippen LogP contribution in [-0.4, -0.2) is 46.3 Å². The monoisotopic (exact) mass is 591 g/mol. The SMILES string of the molecule is CC.CO.COc1cc2c(c3c(CCl)cccc13)CCN2NOc1cn2cc(NC(=O)c3ccc(O)cc3)ccc2n1. The Morgan fingerprint density at radius 2 is 1.83 bits per heavy atom. The largest absolute Gasteiger partial charge is 0.508 e. The van der Waals surface area contributed by atoms with Gasteiger partial charge in [0, 0.05) is 42.7 Å². The molecule has 0 radical (unpaired) electrons. The lowest BCUT2D eigenvalue weighted by atomic mass is 9.97. The number of methoxy groups -OCH3 is 1. The molecule has 3 aromatic carbocycles. The molecule has 0 spiro atoms. The van der Waals surface area contributed by atoms with Crippen LogP contribution in [0.15, 0.2) is 73.1 Å². The molecule has 0 atom stereocenters. The van der Waals surface area contributed by atoms with Gasteiger partial charge in [0.25, 0.3) is 11.8 Å². The average Bonchev–Trinajstić information content (AvgIpc) is 3.64. The predicted octanol–water partition coefficient (Wildman–Crippen LogP) is 5.69. The number of phenolic OH excluding ortho intramolecular Hbond substituents is 1. The van der Waals surface area contributed by atoms with E-state index in [0.29, 0.717) is 35.2 Å². The summed E-state index contributed by atoms with van der Waals surface area (Å²) in [6.07, 6.45) is 4.31. The van der Waals surface area contributed by atoms with Crippen LogP contribution in [0.1, 0.15) is 35.3 Å². The van der Waals surface area contributed by atoms with Crippen molar-refractivity contribution in [3.05, 3.63) is 89.7 Å². The Morgan fingerprint density at radius 3 is 2.55 bits per heavy atom. The molecule has 0 aliphatic carbocycles. The van der Waals surface area contributed by atoms with Gasteiger partial charge < -0.3 is 29.5 Å². The third-order valence-electron chi connectivity index (χ3n) is 6.61. The summed E-state index contributed by atoms with van der Waals surface area (Å²) in [5.74, 6) is 1.38. The zero-order chi connectivity index (χ0) is 30.2. The molecule has 1 amide bonds. The predicted molar refractivity (Wildman–Crippen MR) is 166 cm³/mol. The number of fused-ring (bicyclic) bond motifs is 4. The van der Waals surface area contributed by atoms with Crippen molar-refractivity contribution in [2.45, 2.75) is 26.1 Å². The number of aliphatic hydroxyl groups is 1. The Hall–Kier alpha value is -4.51. The second-order valence-electron chi connectivity index (χ2n) is 8.91. The third kappa shape index (κ3) is 6.20. The highest BCUT2D eigenvalue weighted by Crippen LogP contribution is 2.41. The van der Waals surface area contributed by atoms with Crippen LogP contribution in [0.3, 0.4) is 0 Å². The number of hydrogen-bond acceptors (Lipinski definition) is 8. The van der Waals surface area contributed by atoms with Crippen LogP contribution in [0, 0.1) is 0 Å². The van der Waals surface area contributed by atoms with Gasteiger partial charge >= 0.3 is 0 Å². The number of hydrogen-bond donors (Lipinski definition) is 4. The molecule has 1 aliphatic heterocycles. The van der Waals surface area contributed by atoms with E-state index < -0.39 is 0 Å². The van der Waals surface area contributed by atoms with Crippen molar-refractivity contribution < 1.29 is 24.6 Å². The summed E-state index contributed by atoms with van der Waals surface area (Å²) in [7, 11) is 2.66. The van der Waals surface area contributed by atoms with Crippen molar-refractivity contribution in [2.24, 2.45) is 0 Å². The topological polar surface area (TPSA) is 121 Å². The summed E-state index contributed by atoms with van der Waals surface area (Å²) in [4.78, 5) is 22.8. The van der Waals surface area contributed by atoms with E-state index in [4.69, 9.17) is 26.3 Å². The summed E-state index contributed by atoms with van der Waals surface area (Å²) in [6.45, 7) is 4.70. The van der Waals surface area contributed by atoms with E-state index in [-0.39, 0.29) is 11.7 Å². The number of alkyl halides is 1. The third-order valence-corrected chi connectivity index (χ3v) is 6.90. The molecular weight excluding hydrogens is 558 g/mol. The molecule has 0 fully saturated rings. The minimum atomic E-state index is -0.282. The molecule has 2 aromatic heterocycles. The molecule has 0 saturated heterocycles. The smallest absolute Gasteiger partial charge is 0.258 e. The van der Waals surface area contributed by atoms with Crippen molar-refractivity contribution in [3.63, 3.8) is 0 Å². The van der Waals surface area contributed by atoms with Crippen molar-refractivity contribution in [1.82, 2.24) is 15.0 Å². The molecule has 0 unspecified atom stereocenters. The lowest BCUT2D eigenvalue weighted by Crippen LogP contribution is -2.39. The van der Waals surface area contributed by atoms with Crippen LogP contribution in [0.5, 0.6) is 17.4 Å². The van der Waals surface area contributed by atoms with Gasteiger partial charge in [-0.1, -0.05) is 37.6 Å². The number of halogens is 1. The Bertz CT molecular complexity index is 1670. The highest BCUT2D eigenvalue weighted by atomic mass is 35.5. The maximum Gasteiger partial charge on any atom is 0.258 e. The first-order chi connectivity index (χ1) is 20.5. The van der Waals surface area contributed by atoms with E-state index in [1.54, 1.807) is 48.2 Å². The van der Waals surface area contributed by atoms with Gasteiger partial charge in [0.05, 0.1) is 24.7 Å². The van der Waals surface area contributed by atoms with Crippen LogP contribution < -0.4 is 25.5 Å². The van der Waals surface area contributed by atoms with Crippen LogP contribution in [0.2, 0.25) is 0 Å². The second-order valence-corrected chi connectivity index (χ2v) is 9.18. The average molecular weight is 592 g/mol. The number of ether oxygens (including phenoxy) is 1. The Morgan fingerprint density at radius 1 is 1.07 bits per heavy atom. The molecule has 5 aromatic rings. The van der Waals surface area contributed by atoms with Crippen LogP contribution in [0.4, 0.5) is 11.4 Å². The maximum absolute atomic E-state index is 12.5. The Balaban J connectivity index is 0.000000972. The number of nitrogens with one attached hydrogen (secondary N) is 2. The molecular formula is C31H34ClN5O5. The molecule has 6 rings (SSSR count). The first-order valence-corrected chi connectivity index (χ1v) is 14.0. The number of carbonyl (C=O) groups excluding carboxylic acids is 1. The standard InChI is InChI=1S/C28H24ClN5O4.C2H6.CH4O/c1-37-24-13-23-21(27-18(14-29)3-2-4-22(24)27)11-12-34(23)32-38-26-16-33-15-19(7-10-25(33)31-26)30-28(36)17-5-8-20(35)9-6-17;2*1-2/h2-10,13,15-16,32,35H,11-12,14H2,1H3,(H,30,36);1-2H3;2H,1H3. The first kappa shape index (κ1) is 30.4. The number of phenols is 1. The number of hydrazine groups is 1. The first-order valence-electron chi connectivity index (χ1n) is 13.5. The van der Waals surface area contributed by atoms with E-state index in [9.17, 15) is 9.90 Å². The zero-order valence-electron chi connectivity index (χ0n) is 23.9. The second kappa shape index (κ2) is 13.9. The van der Waals surface area contributed by atoms with Crippen LogP contribution in [-0.2, 0) is 12.3 Å². The number of aromatic hydroxyl groups is 1. The summed E-state index contributed by atoms with van der Waals surface area (Å²) >= 11 is 6.26. The zero-order valence-corrected chi connectivity index (χ0v) is 24.6. The molecule has 1 aliphatic rings. The van der Waals surface area contributed by atoms with E-state index in [1.807, 2.05) is 37.1 Å². The molecule has 42 heavy (non-hydrogen) atoms. The molecule has 3 heterocycles. The molecule has 10 nitrogen and oxygen atoms in total. The van der Waals surface area contributed by atoms with Gasteiger partial charge in [-0.15, -0.1) is 11.6 Å². The fourth-order valence-corrected chi connectivity index (χ4v) is 5.02. The van der Waals surface area contributed by atoms with Gasteiger partial charge in [-0.05, 0) is 59.3 Å². The summed E-state index contributed by atoms with van der Waals surface area (Å²) in [6, 6.07) is 17.7. The number of aromatic nitrogens is 2. The number of rotatable bonds is 7. The molecule has 11 heteroatoms. The Kier molecular flexibility index (Phi) is 10.1. The number of aliphatic hydroxyl groups excluding tert-OH is 1. The minimum absolute atomic E-state index is 0.104. The molecule has 0 saturated carbocycles. The maximum atomic E-state index is 12.5. The van der Waals surface area contributed by atoms with E-state index >= 15 is 0 Å². The molecule has 220 valence electrons. The highest BCUT2D eigenvalue weighted by Gasteiger charge is 2.25. The van der Waals surface area contributed by atoms with Gasteiger partial charge in [0.1, 0.15) is 17.1 Å². The number of amides is 1. The van der Waals surface area contributed by atoms with E-state index in [2.05, 4.69) is 22.0 Å². The van der Waals surface area contributed by atoms with Crippen LogP contribution >= 0.6 is 11.6 Å². The van der Waals surface area contributed by atoms with Crippen molar-refractivity contribution in [3.8, 4) is 17.4 Å². The number of nitrogens with zero attached hydrogens (tertiary/aromatic N) is 3. The number of imidazole rings is 1. The van der Waals surface area contributed by atoms with E-state index in [0.717, 1.165) is 41.3 Å². The lowest BCUT2D eigenvalue weighted by molar-refractivity contribution is 0.102. The van der Waals surface area contributed by atoms with Crippen LogP contribution in [0.25, 0.3) is 16.4 Å². The van der Waals surface area contributed by atoms with Gasteiger partial charge in [-0.2, -0.15) is 4.98 Å². The van der Waals surface area contributed by atoms with Crippen molar-refractivity contribution in [2.75, 3.05) is 31.1 Å². The van der Waals surface area contributed by atoms with Gasteiger partial charge in [-0.3, -0.25) is 9.80 Å². The van der Waals surface area contributed by atoms with Gasteiger partial charge in [0.2, 0.25) is 0 Å². The van der Waals surface area contributed by atoms with Crippen molar-refractivity contribution >= 4 is 45.3 Å². The quantitative estimate of drug-likeness (QED) is 0.141. The van der Waals surface area contributed by atoms with Gasteiger partial charge in [0.15, 0.2) is 0 Å². The number of benzene rings is 3. The van der Waals surface area contributed by atoms with Gasteiger partial charge in [-0.25, -0.2) is 0 Å². The minimum Gasteiger partial charge on any atom is -0.508 e. The number of pyridine rings is 1. The summed E-state index contributed by atoms with van der Waals surface area (Å²) < 4.78 is 7.45. The summed E-state index contributed by atoms with van der Waals surface area (Å²) in [5.41, 5.74) is 7.94. The number of anilines is 2. The van der Waals surface area contributed by atoms with E-state index in [1.165, 1.54) is 17.7 Å². The molecule has 4 N–H and O–H groups in total. The highest BCUT2D eigenvalue weighted by molar-refractivity contribution is 6.18. The fourth-order valence-electron chi connectivity index (χ4n) is 4.80. The normalized spacial score (nSPS) is 11.7. The fraction of sp³-hybridized carbons (Fsp3) is 0.226.